The SMILES string of the molecule is CC(C)N(CC1CCCN(C(=O)CC(NC(N)=O)c2cccs2)C1)C(=O)OC(C)(C)C. The van der Waals surface area contributed by atoms with Crippen LogP contribution in [0.2, 0.25) is 0 Å². The van der Waals surface area contributed by atoms with E-state index in [0.29, 0.717) is 19.6 Å². The van der Waals surface area contributed by atoms with Crippen LogP contribution in [0.1, 0.15) is 64.8 Å². The zero-order valence-corrected chi connectivity index (χ0v) is 20.0. The van der Waals surface area contributed by atoms with Crippen molar-refractivity contribution in [3.63, 3.8) is 0 Å². The highest BCUT2D eigenvalue weighted by atomic mass is 32.1. The Morgan fingerprint density at radius 1 is 1.35 bits per heavy atom. The number of amides is 4. The van der Waals surface area contributed by atoms with Crippen molar-refractivity contribution in [3.8, 4) is 0 Å². The molecule has 2 unspecified atom stereocenters. The molecule has 0 spiro atoms. The van der Waals surface area contributed by atoms with Crippen LogP contribution in [0.4, 0.5) is 9.59 Å². The third kappa shape index (κ3) is 8.05. The van der Waals surface area contributed by atoms with Gasteiger partial charge in [-0.1, -0.05) is 6.07 Å². The lowest BCUT2D eigenvalue weighted by atomic mass is 9.96. The topological polar surface area (TPSA) is 105 Å². The van der Waals surface area contributed by atoms with Crippen molar-refractivity contribution in [1.29, 1.82) is 0 Å². The number of primary amides is 1. The van der Waals surface area contributed by atoms with Crippen molar-refractivity contribution < 1.29 is 19.1 Å². The molecule has 31 heavy (non-hydrogen) atoms. The maximum Gasteiger partial charge on any atom is 0.410 e. The number of hydrogen-bond donors (Lipinski definition) is 2. The molecule has 9 heteroatoms. The molecule has 0 aromatic carbocycles. The number of carbonyl (C=O) groups is 3. The predicted octanol–water partition coefficient (Wildman–Crippen LogP) is 3.73. The van der Waals surface area contributed by atoms with Crippen LogP contribution in [0.5, 0.6) is 0 Å². The van der Waals surface area contributed by atoms with Gasteiger partial charge in [-0.15, -0.1) is 11.3 Å². The number of hydrogen-bond acceptors (Lipinski definition) is 5. The summed E-state index contributed by atoms with van der Waals surface area (Å²) in [6.07, 6.45) is 1.66. The van der Waals surface area contributed by atoms with Gasteiger partial charge in [-0.2, -0.15) is 0 Å². The first-order chi connectivity index (χ1) is 14.5. The summed E-state index contributed by atoms with van der Waals surface area (Å²) in [7, 11) is 0. The molecule has 8 nitrogen and oxygen atoms in total. The number of piperidine rings is 1. The Labute approximate surface area is 189 Å². The minimum atomic E-state index is -0.646. The van der Waals surface area contributed by atoms with Gasteiger partial charge in [0.2, 0.25) is 5.91 Å². The van der Waals surface area contributed by atoms with Crippen molar-refractivity contribution in [2.75, 3.05) is 19.6 Å². The van der Waals surface area contributed by atoms with Gasteiger partial charge in [0.05, 0.1) is 12.5 Å². The highest BCUT2D eigenvalue weighted by molar-refractivity contribution is 7.10. The maximum absolute atomic E-state index is 13.0. The first-order valence-electron chi connectivity index (χ1n) is 10.8. The average Bonchev–Trinajstić information content (AvgIpc) is 3.18. The van der Waals surface area contributed by atoms with Crippen molar-refractivity contribution in [2.45, 2.75) is 71.6 Å². The second kappa shape index (κ2) is 10.8. The predicted molar refractivity (Wildman–Crippen MR) is 122 cm³/mol. The smallest absolute Gasteiger partial charge is 0.410 e. The second-order valence-electron chi connectivity index (χ2n) is 9.36. The highest BCUT2D eigenvalue weighted by Crippen LogP contribution is 2.25. The summed E-state index contributed by atoms with van der Waals surface area (Å²) in [5.74, 6) is 0.155. The molecule has 1 aromatic rings. The molecular formula is C22H36N4O4S. The number of nitrogens with zero attached hydrogens (tertiary/aromatic N) is 2. The minimum Gasteiger partial charge on any atom is -0.444 e. The summed E-state index contributed by atoms with van der Waals surface area (Å²) >= 11 is 1.48. The van der Waals surface area contributed by atoms with Crippen LogP contribution in [-0.4, -0.2) is 59.1 Å². The van der Waals surface area contributed by atoms with Gasteiger partial charge in [-0.25, -0.2) is 9.59 Å². The van der Waals surface area contributed by atoms with E-state index in [4.69, 9.17) is 10.5 Å². The summed E-state index contributed by atoms with van der Waals surface area (Å²) in [5, 5.41) is 4.59. The van der Waals surface area contributed by atoms with E-state index in [9.17, 15) is 14.4 Å². The third-order valence-corrected chi connectivity index (χ3v) is 6.15. The second-order valence-corrected chi connectivity index (χ2v) is 10.3. The zero-order chi connectivity index (χ0) is 23.2. The molecule has 1 saturated heterocycles. The van der Waals surface area contributed by atoms with Crippen LogP contribution < -0.4 is 11.1 Å². The quantitative estimate of drug-likeness (QED) is 0.657. The molecule has 1 aromatic heterocycles. The number of likely N-dealkylation sites (tertiary alicyclic amines) is 1. The molecule has 174 valence electrons. The number of nitrogens with one attached hydrogen (secondary N) is 1. The molecule has 0 aliphatic carbocycles. The summed E-state index contributed by atoms with van der Waals surface area (Å²) in [6.45, 7) is 11.3. The minimum absolute atomic E-state index is 0.00361. The van der Waals surface area contributed by atoms with Crippen molar-refractivity contribution in [3.05, 3.63) is 22.4 Å². The molecule has 4 amide bonds. The Hall–Kier alpha value is -2.29. The molecule has 2 rings (SSSR count). The molecule has 1 fully saturated rings. The first kappa shape index (κ1) is 25.0. The summed E-state index contributed by atoms with van der Waals surface area (Å²) in [4.78, 5) is 41.5. The fourth-order valence-corrected chi connectivity index (χ4v) is 4.50. The van der Waals surface area contributed by atoms with Crippen LogP contribution in [-0.2, 0) is 9.53 Å². The largest absolute Gasteiger partial charge is 0.444 e. The Balaban J connectivity index is 2.00. The Kier molecular flexibility index (Phi) is 8.73. The van der Waals surface area contributed by atoms with Crippen LogP contribution in [0.3, 0.4) is 0 Å². The molecule has 0 radical (unpaired) electrons. The standard InChI is InChI=1S/C22H36N4O4S/c1-15(2)26(21(29)30-22(3,4)5)14-16-8-6-10-25(13-16)19(27)12-17(24-20(23)28)18-9-7-11-31-18/h7,9,11,15-17H,6,8,10,12-14H2,1-5H3,(H3,23,24,28). The molecule has 1 aliphatic rings. The van der Waals surface area contributed by atoms with Gasteiger partial charge in [0.1, 0.15) is 5.60 Å². The van der Waals surface area contributed by atoms with E-state index < -0.39 is 17.7 Å². The number of urea groups is 1. The lowest BCUT2D eigenvalue weighted by Crippen LogP contribution is -2.48. The van der Waals surface area contributed by atoms with Crippen LogP contribution in [0, 0.1) is 5.92 Å². The first-order valence-corrected chi connectivity index (χ1v) is 11.7. The monoisotopic (exact) mass is 452 g/mol. The van der Waals surface area contributed by atoms with Crippen molar-refractivity contribution in [1.82, 2.24) is 15.1 Å². The molecule has 2 atom stereocenters. The van der Waals surface area contributed by atoms with Crippen molar-refractivity contribution in [2.24, 2.45) is 11.7 Å². The molecule has 1 aliphatic heterocycles. The van der Waals surface area contributed by atoms with Gasteiger partial charge in [0.25, 0.3) is 0 Å². The highest BCUT2D eigenvalue weighted by Gasteiger charge is 2.31. The van der Waals surface area contributed by atoms with Crippen LogP contribution in [0.25, 0.3) is 0 Å². The maximum atomic E-state index is 13.0. The summed E-state index contributed by atoms with van der Waals surface area (Å²) in [6, 6.07) is 2.70. The molecule has 2 heterocycles. The van der Waals surface area contributed by atoms with E-state index in [1.807, 2.05) is 57.0 Å². The van der Waals surface area contributed by atoms with Crippen LogP contribution in [0.15, 0.2) is 17.5 Å². The molecule has 0 bridgehead atoms. The number of ether oxygens (including phenoxy) is 1. The normalized spacial score (nSPS) is 17.9. The number of thiophene rings is 1. The van der Waals surface area contributed by atoms with Crippen molar-refractivity contribution >= 4 is 29.4 Å². The van der Waals surface area contributed by atoms with E-state index in [1.54, 1.807) is 4.90 Å². The molecule has 0 saturated carbocycles. The fourth-order valence-electron chi connectivity index (χ4n) is 3.72. The van der Waals surface area contributed by atoms with E-state index in [1.165, 1.54) is 11.3 Å². The van der Waals surface area contributed by atoms with Gasteiger partial charge in [-0.3, -0.25) is 4.79 Å². The lowest BCUT2D eigenvalue weighted by molar-refractivity contribution is -0.133. The third-order valence-electron chi connectivity index (χ3n) is 5.16. The zero-order valence-electron chi connectivity index (χ0n) is 19.2. The van der Waals surface area contributed by atoms with E-state index in [2.05, 4.69) is 5.32 Å². The van der Waals surface area contributed by atoms with Gasteiger partial charge in [0.15, 0.2) is 0 Å². The average molecular weight is 453 g/mol. The Bertz CT molecular complexity index is 745. The van der Waals surface area contributed by atoms with Gasteiger partial charge >= 0.3 is 12.1 Å². The Morgan fingerprint density at radius 2 is 2.06 bits per heavy atom. The van der Waals surface area contributed by atoms with Gasteiger partial charge in [0, 0.05) is 30.6 Å². The molecular weight excluding hydrogens is 416 g/mol. The number of rotatable bonds is 7. The van der Waals surface area contributed by atoms with Crippen LogP contribution >= 0.6 is 11.3 Å². The number of nitrogens with two attached hydrogens (primary N) is 1. The molecule has 3 N–H and O–H groups in total. The van der Waals surface area contributed by atoms with E-state index >= 15 is 0 Å². The Morgan fingerprint density at radius 3 is 2.61 bits per heavy atom. The number of carbonyl (C=O) groups excluding carboxylic acids is 3. The van der Waals surface area contributed by atoms with Gasteiger partial charge < -0.3 is 25.6 Å². The summed E-state index contributed by atoms with van der Waals surface area (Å²) < 4.78 is 5.56. The van der Waals surface area contributed by atoms with E-state index in [-0.39, 0.29) is 30.4 Å². The van der Waals surface area contributed by atoms with E-state index in [0.717, 1.165) is 17.7 Å². The lowest BCUT2D eigenvalue weighted by Gasteiger charge is -2.38. The summed E-state index contributed by atoms with van der Waals surface area (Å²) in [5.41, 5.74) is 4.76. The fraction of sp³-hybridized carbons (Fsp3) is 0.682. The van der Waals surface area contributed by atoms with Gasteiger partial charge in [-0.05, 0) is 64.8 Å².